The maximum Gasteiger partial charge on any atom is 0.0195 e. The molecule has 3 heteroatoms. The van der Waals surface area contributed by atoms with Crippen LogP contribution in [0.15, 0.2) is 121 Å². The number of rotatable bonds is 2. The Morgan fingerprint density at radius 3 is 0.787 bits per heavy atom. The second-order valence-corrected chi connectivity index (χ2v) is 21.2. The van der Waals surface area contributed by atoms with Crippen LogP contribution < -0.4 is 0 Å². The molecule has 0 fully saturated rings. The van der Waals surface area contributed by atoms with Gasteiger partial charge in [0.15, 0.2) is 0 Å². The fourth-order valence-corrected chi connectivity index (χ4v) is 8.39. The van der Waals surface area contributed by atoms with Crippen LogP contribution in [0.3, 0.4) is 0 Å². The van der Waals surface area contributed by atoms with Gasteiger partial charge in [0.25, 0.3) is 0 Å². The molecule has 8 rings (SSSR count). The van der Waals surface area contributed by atoms with Crippen LogP contribution in [0.25, 0.3) is 65.3 Å². The number of halogens is 1. The van der Waals surface area contributed by atoms with Crippen molar-refractivity contribution < 1.29 is 52.4 Å². The van der Waals surface area contributed by atoms with E-state index in [1.807, 2.05) is 6.92 Å². The van der Waals surface area contributed by atoms with E-state index in [-0.39, 0.29) is 74.1 Å². The molecule has 0 aliphatic carbocycles. The van der Waals surface area contributed by atoms with E-state index in [9.17, 15) is 0 Å². The molecular formula is C58H67ClZr2-2. The van der Waals surface area contributed by atoms with Crippen molar-refractivity contribution in [1.82, 2.24) is 0 Å². The number of hydrogen-bond acceptors (Lipinski definition) is 0. The summed E-state index contributed by atoms with van der Waals surface area (Å²) in [5, 5.41) is 11.0. The Balaban J connectivity index is 0.000000245. The van der Waals surface area contributed by atoms with E-state index in [0.29, 0.717) is 0 Å². The van der Waals surface area contributed by atoms with E-state index >= 15 is 0 Å². The molecule has 8 aromatic carbocycles. The van der Waals surface area contributed by atoms with Gasteiger partial charge in [0.2, 0.25) is 0 Å². The van der Waals surface area contributed by atoms with Gasteiger partial charge in [-0.3, -0.25) is 0 Å². The van der Waals surface area contributed by atoms with Crippen molar-refractivity contribution in [3.63, 3.8) is 0 Å². The van der Waals surface area contributed by atoms with Crippen molar-refractivity contribution in [2.24, 2.45) is 0 Å². The van der Waals surface area contributed by atoms with Crippen molar-refractivity contribution in [1.29, 1.82) is 0 Å². The standard InChI is InChI=1S/2C28H31.C2H5Cl.2Zr/c2*1-18-10-8-9-11-21(18)26-24-16-19(27(2,3)4)12-14-22(24)23-15-13-20(17-25(23)26)28(5,6)7;1-2-3;;/h2*8-17H,1-7H3;2H2,1H3;;/q2*-1;;;. The minimum absolute atomic E-state index is 0. The molecule has 0 radical (unpaired) electrons. The molecule has 0 aromatic heterocycles. The van der Waals surface area contributed by atoms with Crippen LogP contribution in [0.2, 0.25) is 0 Å². The van der Waals surface area contributed by atoms with Crippen LogP contribution in [-0.2, 0) is 74.1 Å². The van der Waals surface area contributed by atoms with Gasteiger partial charge in [0, 0.05) is 58.3 Å². The maximum atomic E-state index is 5.00. The molecule has 0 saturated heterocycles. The molecule has 0 atom stereocenters. The largest absolute Gasteiger partial charge is 0.127 e. The molecule has 8 aromatic rings. The van der Waals surface area contributed by atoms with Crippen molar-refractivity contribution in [2.75, 3.05) is 5.88 Å². The molecule has 0 heterocycles. The second kappa shape index (κ2) is 19.5. The molecule has 0 nitrogen and oxygen atoms in total. The minimum atomic E-state index is 0. The smallest absolute Gasteiger partial charge is 0.0195 e. The summed E-state index contributed by atoms with van der Waals surface area (Å²) in [7, 11) is 0. The van der Waals surface area contributed by atoms with E-state index in [2.05, 4.69) is 218 Å². The number of benzene rings is 6. The monoisotopic (exact) mass is 978 g/mol. The molecule has 0 unspecified atom stereocenters. The Kier molecular flexibility index (Phi) is 16.2. The fourth-order valence-electron chi connectivity index (χ4n) is 8.39. The van der Waals surface area contributed by atoms with Crippen LogP contribution in [0.1, 0.15) is 123 Å². The van der Waals surface area contributed by atoms with Gasteiger partial charge in [-0.25, -0.2) is 0 Å². The molecule has 0 aliphatic rings. The third-order valence-electron chi connectivity index (χ3n) is 12.0. The molecular weight excluding hydrogens is 915 g/mol. The molecule has 0 saturated carbocycles. The van der Waals surface area contributed by atoms with E-state index in [4.69, 9.17) is 11.6 Å². The Bertz CT molecular complexity index is 2430. The van der Waals surface area contributed by atoms with Gasteiger partial charge < -0.3 is 0 Å². The van der Waals surface area contributed by atoms with E-state index < -0.39 is 0 Å². The van der Waals surface area contributed by atoms with Crippen LogP contribution in [0.5, 0.6) is 0 Å². The fraction of sp³-hybridized carbons (Fsp3) is 0.345. The van der Waals surface area contributed by atoms with Gasteiger partial charge in [-0.05, 0) is 21.7 Å². The van der Waals surface area contributed by atoms with Crippen molar-refractivity contribution in [3.8, 4) is 22.3 Å². The normalized spacial score (nSPS) is 12.1. The van der Waals surface area contributed by atoms with Crippen molar-refractivity contribution >= 4 is 54.7 Å². The minimum Gasteiger partial charge on any atom is -0.127 e. The van der Waals surface area contributed by atoms with Crippen LogP contribution in [0.4, 0.5) is 0 Å². The Hall–Kier alpha value is -2.88. The Labute approximate surface area is 411 Å². The number of aryl methyl sites for hydroxylation is 2. The SMILES string of the molecule is CCCl.Cc1ccccc1-[c-]1c2cc(C(C)(C)C)ccc2c2ccc(C(C)(C)C)cc21.Cc1ccccc1-[c-]1c2cc(C(C)(C)C)ccc2c2ccc(C(C)(C)C)cc21.[Zr].[Zr]. The Morgan fingerprint density at radius 2 is 0.590 bits per heavy atom. The van der Waals surface area contributed by atoms with Gasteiger partial charge in [-0.1, -0.05) is 324 Å². The molecule has 0 N–H and O–H groups in total. The topological polar surface area (TPSA) is 0 Å². The van der Waals surface area contributed by atoms with Crippen LogP contribution in [0, 0.1) is 13.8 Å². The average molecular weight is 982 g/mol. The molecule has 61 heavy (non-hydrogen) atoms. The zero-order chi connectivity index (χ0) is 43.2. The van der Waals surface area contributed by atoms with Gasteiger partial charge in [-0.15, -0.1) is 11.6 Å². The predicted octanol–water partition coefficient (Wildman–Crippen LogP) is 17.8. The first-order chi connectivity index (χ1) is 27.6. The van der Waals surface area contributed by atoms with Gasteiger partial charge >= 0.3 is 0 Å². The predicted molar refractivity (Wildman–Crippen MR) is 266 cm³/mol. The van der Waals surface area contributed by atoms with E-state index in [1.165, 1.54) is 98.7 Å². The summed E-state index contributed by atoms with van der Waals surface area (Å²) < 4.78 is 0. The van der Waals surface area contributed by atoms with Gasteiger partial charge in [-0.2, -0.15) is 0 Å². The van der Waals surface area contributed by atoms with Crippen LogP contribution in [-0.4, -0.2) is 5.88 Å². The zero-order valence-corrected chi connectivity index (χ0v) is 45.3. The molecule has 0 spiro atoms. The van der Waals surface area contributed by atoms with Gasteiger partial charge in [0.05, 0.1) is 0 Å². The summed E-state index contributed by atoms with van der Waals surface area (Å²) in [5.74, 6) is 0.722. The number of hydrogen-bond donors (Lipinski definition) is 0. The van der Waals surface area contributed by atoms with E-state index in [1.54, 1.807) is 0 Å². The summed E-state index contributed by atoms with van der Waals surface area (Å²) in [4.78, 5) is 0. The van der Waals surface area contributed by atoms with Crippen LogP contribution >= 0.6 is 11.6 Å². The first-order valence-electron chi connectivity index (χ1n) is 21.6. The third-order valence-corrected chi connectivity index (χ3v) is 12.0. The van der Waals surface area contributed by atoms with Gasteiger partial charge in [0.1, 0.15) is 0 Å². The summed E-state index contributed by atoms with van der Waals surface area (Å²) >= 11 is 5.00. The average Bonchev–Trinajstić information content (AvgIpc) is 3.66. The molecule has 316 valence electrons. The molecule has 0 bridgehead atoms. The summed E-state index contributed by atoms with van der Waals surface area (Å²) in [6, 6.07) is 45.8. The summed E-state index contributed by atoms with van der Waals surface area (Å²) in [6.07, 6.45) is 0. The first kappa shape index (κ1) is 50.8. The molecule has 0 aliphatic heterocycles. The number of fused-ring (bicyclic) bond motifs is 6. The second-order valence-electron chi connectivity index (χ2n) is 20.7. The summed E-state index contributed by atoms with van der Waals surface area (Å²) in [5.41, 5.74) is 14.2. The van der Waals surface area contributed by atoms with E-state index in [0.717, 1.165) is 5.88 Å². The van der Waals surface area contributed by atoms with Crippen molar-refractivity contribution in [3.05, 3.63) is 155 Å². The van der Waals surface area contributed by atoms with Crippen molar-refractivity contribution in [2.45, 2.75) is 126 Å². The number of alkyl halides is 1. The molecule has 0 amide bonds. The first-order valence-corrected chi connectivity index (χ1v) is 22.1. The summed E-state index contributed by atoms with van der Waals surface area (Å²) in [6.45, 7) is 33.9. The third kappa shape index (κ3) is 10.7. The maximum absolute atomic E-state index is 5.00. The quantitative estimate of drug-likeness (QED) is 0.120. The Morgan fingerprint density at radius 1 is 0.377 bits per heavy atom. The zero-order valence-electron chi connectivity index (χ0n) is 39.6.